The van der Waals surface area contributed by atoms with Gasteiger partial charge in [-0.2, -0.15) is 0 Å². The number of hydrogen-bond acceptors (Lipinski definition) is 6. The first-order valence-electron chi connectivity index (χ1n) is 13.6. The number of nitrogens with zero attached hydrogens (tertiary/aromatic N) is 3. The molecule has 2 N–H and O–H groups in total. The lowest BCUT2D eigenvalue weighted by Gasteiger charge is -2.46. The highest BCUT2D eigenvalue weighted by Crippen LogP contribution is 2.37. The van der Waals surface area contributed by atoms with Crippen molar-refractivity contribution < 1.29 is 9.53 Å². The van der Waals surface area contributed by atoms with Crippen molar-refractivity contribution >= 4 is 28.7 Å². The van der Waals surface area contributed by atoms with Gasteiger partial charge >= 0.3 is 0 Å². The molecule has 1 saturated carbocycles. The lowest BCUT2D eigenvalue weighted by atomic mass is 9.83. The number of amides is 1. The van der Waals surface area contributed by atoms with Crippen LogP contribution in [0.1, 0.15) is 66.0 Å². The molecule has 2 aliphatic rings. The number of fused-ring (bicyclic) bond motifs is 1. The van der Waals surface area contributed by atoms with Gasteiger partial charge in [-0.25, -0.2) is 4.98 Å². The van der Waals surface area contributed by atoms with Crippen LogP contribution in [0.15, 0.2) is 34.1 Å². The Morgan fingerprint density at radius 1 is 1.29 bits per heavy atom. The minimum absolute atomic E-state index is 0.157. The van der Waals surface area contributed by atoms with Crippen LogP contribution in [0.25, 0.3) is 11.0 Å². The number of rotatable bonds is 8. The number of aryl methyl sites for hydroxylation is 1. The molecule has 0 aromatic carbocycles. The molecule has 0 spiro atoms. The lowest BCUT2D eigenvalue weighted by Crippen LogP contribution is -2.51. The summed E-state index contributed by atoms with van der Waals surface area (Å²) in [6, 6.07) is 6.70. The van der Waals surface area contributed by atoms with Gasteiger partial charge in [0.15, 0.2) is 0 Å². The molecule has 0 radical (unpaired) electrons. The zero-order valence-corrected chi connectivity index (χ0v) is 23.9. The van der Waals surface area contributed by atoms with E-state index in [-0.39, 0.29) is 24.1 Å². The minimum Gasteiger partial charge on any atom is -0.381 e. The molecule has 1 saturated heterocycles. The van der Waals surface area contributed by atoms with Crippen LogP contribution in [-0.2, 0) is 11.3 Å². The zero-order chi connectivity index (χ0) is 27.0. The fourth-order valence-corrected chi connectivity index (χ4v) is 7.05. The fourth-order valence-electron chi connectivity index (χ4n) is 6.34. The Hall–Kier alpha value is -2.62. The molecule has 0 unspecified atom stereocenters. The maximum atomic E-state index is 13.6. The molecule has 0 bridgehead atoms. The number of piperidine rings is 1. The average molecular weight is 538 g/mol. The summed E-state index contributed by atoms with van der Waals surface area (Å²) >= 11 is 1.51. The number of aromatic amines is 1. The summed E-state index contributed by atoms with van der Waals surface area (Å²) in [5.74, 6) is 0.345. The highest BCUT2D eigenvalue weighted by molar-refractivity contribution is 7.98. The Morgan fingerprint density at radius 2 is 2.03 bits per heavy atom. The topological polar surface area (TPSA) is 92.2 Å². The molecule has 204 valence electrons. The molecule has 3 aromatic rings. The second-order valence-corrected chi connectivity index (χ2v) is 11.7. The van der Waals surface area contributed by atoms with Gasteiger partial charge in [-0.3, -0.25) is 9.59 Å². The van der Waals surface area contributed by atoms with Gasteiger partial charge in [0, 0.05) is 59.2 Å². The number of carbonyl (C=O) groups excluding carboxylic acids is 1. The first-order chi connectivity index (χ1) is 18.3. The summed E-state index contributed by atoms with van der Waals surface area (Å²) < 4.78 is 7.74. The van der Waals surface area contributed by atoms with Crippen LogP contribution in [0.4, 0.5) is 0 Å². The van der Waals surface area contributed by atoms with E-state index in [1.807, 2.05) is 45.4 Å². The van der Waals surface area contributed by atoms with Crippen LogP contribution in [-0.4, -0.2) is 63.9 Å². The Balaban J connectivity index is 1.35. The number of methoxy groups -OCH3 is 1. The van der Waals surface area contributed by atoms with Crippen LogP contribution >= 0.6 is 11.8 Å². The number of thioether (sulfide) groups is 1. The molecule has 2 fully saturated rings. The Labute approximate surface area is 228 Å². The van der Waals surface area contributed by atoms with E-state index in [1.54, 1.807) is 6.20 Å². The molecule has 38 heavy (non-hydrogen) atoms. The van der Waals surface area contributed by atoms with Crippen molar-refractivity contribution in [1.29, 1.82) is 0 Å². The van der Waals surface area contributed by atoms with Crippen molar-refractivity contribution in [2.45, 2.75) is 76.1 Å². The summed E-state index contributed by atoms with van der Waals surface area (Å²) in [5.41, 5.74) is 3.66. The Bertz CT molecular complexity index is 1370. The van der Waals surface area contributed by atoms with Gasteiger partial charge in [-0.15, -0.1) is 11.8 Å². The molecule has 3 aromatic heterocycles. The average Bonchev–Trinajstić information content (AvgIpc) is 3.18. The van der Waals surface area contributed by atoms with E-state index in [9.17, 15) is 9.59 Å². The third-order valence-corrected chi connectivity index (χ3v) is 9.50. The normalized spacial score (nSPS) is 21.4. The lowest BCUT2D eigenvalue weighted by molar-refractivity contribution is -0.0381. The number of nitrogens with one attached hydrogen (secondary N) is 2. The van der Waals surface area contributed by atoms with E-state index in [4.69, 9.17) is 9.72 Å². The monoisotopic (exact) mass is 537 g/mol. The third kappa shape index (κ3) is 5.03. The molecule has 4 heterocycles. The summed E-state index contributed by atoms with van der Waals surface area (Å²) in [5, 5.41) is 3.88. The fraction of sp³-hybridized carbons (Fsp3) is 0.552. The largest absolute Gasteiger partial charge is 0.381 e. The van der Waals surface area contributed by atoms with Crippen molar-refractivity contribution in [2.24, 2.45) is 5.92 Å². The Morgan fingerprint density at radius 3 is 2.71 bits per heavy atom. The SMILES string of the molecule is COC1CC(N2CCC([C@@H](C)n3c(C)c(C(=O)NCc4c(SC)cc(C)[nH]c4=O)c4cccnc43)CC2)C1. The standard InChI is InChI=1S/C29H39N5O3S/c1-17-13-25(38-5)24(28(35)32-17)16-31-29(36)26-19(3)34(27-23(26)7-6-10-30-27)18(2)20-8-11-33(12-9-20)21-14-22(15-21)37-4/h6-7,10,13,18,20-22H,8-9,11-12,14-16H2,1-5H3,(H,31,36)(H,32,35)/t18-,21?,22?/m1/s1. The van der Waals surface area contributed by atoms with E-state index >= 15 is 0 Å². The van der Waals surface area contributed by atoms with E-state index in [0.717, 1.165) is 66.1 Å². The summed E-state index contributed by atoms with van der Waals surface area (Å²) in [6.45, 7) is 8.55. The van der Waals surface area contributed by atoms with Crippen molar-refractivity contribution in [3.05, 3.63) is 57.3 Å². The Kier molecular flexibility index (Phi) is 7.98. The summed E-state index contributed by atoms with van der Waals surface area (Å²) in [4.78, 5) is 37.2. The van der Waals surface area contributed by atoms with Gasteiger partial charge in [0.05, 0.1) is 11.7 Å². The van der Waals surface area contributed by atoms with E-state index in [1.165, 1.54) is 11.8 Å². The molecule has 8 nitrogen and oxygen atoms in total. The predicted octanol–water partition coefficient (Wildman–Crippen LogP) is 4.44. The van der Waals surface area contributed by atoms with E-state index in [2.05, 4.69) is 26.7 Å². The third-order valence-electron chi connectivity index (χ3n) is 8.69. The maximum Gasteiger partial charge on any atom is 0.254 e. The number of carbonyl (C=O) groups is 1. The van der Waals surface area contributed by atoms with Crippen LogP contribution in [0.5, 0.6) is 0 Å². The quantitative estimate of drug-likeness (QED) is 0.413. The first kappa shape index (κ1) is 27.0. The zero-order valence-electron chi connectivity index (χ0n) is 23.0. The molecular formula is C29H39N5O3S. The van der Waals surface area contributed by atoms with Crippen molar-refractivity contribution in [1.82, 2.24) is 24.8 Å². The number of ether oxygens (including phenoxy) is 1. The van der Waals surface area contributed by atoms with Crippen molar-refractivity contribution in [3.8, 4) is 0 Å². The molecule has 1 atom stereocenters. The van der Waals surface area contributed by atoms with Crippen molar-refractivity contribution in [2.75, 3.05) is 26.5 Å². The second kappa shape index (κ2) is 11.2. The molecular weight excluding hydrogens is 498 g/mol. The van der Waals surface area contributed by atoms with Gasteiger partial charge < -0.3 is 24.5 Å². The maximum absolute atomic E-state index is 13.6. The van der Waals surface area contributed by atoms with Gasteiger partial charge in [0.25, 0.3) is 11.5 Å². The number of H-pyrrole nitrogens is 1. The summed E-state index contributed by atoms with van der Waals surface area (Å²) in [7, 11) is 1.81. The first-order valence-corrected chi connectivity index (χ1v) is 14.8. The van der Waals surface area contributed by atoms with E-state index < -0.39 is 0 Å². The van der Waals surface area contributed by atoms with Gasteiger partial charge in [-0.05, 0) is 89.9 Å². The van der Waals surface area contributed by atoms with Gasteiger partial charge in [0.1, 0.15) is 5.65 Å². The number of hydrogen-bond donors (Lipinski definition) is 2. The highest BCUT2D eigenvalue weighted by atomic mass is 32.2. The van der Waals surface area contributed by atoms with Crippen molar-refractivity contribution in [3.63, 3.8) is 0 Å². The van der Waals surface area contributed by atoms with Crippen LogP contribution in [0, 0.1) is 19.8 Å². The molecule has 1 aliphatic heterocycles. The van der Waals surface area contributed by atoms with Gasteiger partial charge in [-0.1, -0.05) is 0 Å². The molecule has 9 heteroatoms. The van der Waals surface area contributed by atoms with Crippen LogP contribution < -0.4 is 10.9 Å². The molecule has 1 amide bonds. The van der Waals surface area contributed by atoms with E-state index in [0.29, 0.717) is 29.2 Å². The molecule has 5 rings (SSSR count). The number of likely N-dealkylation sites (tertiary alicyclic amines) is 1. The van der Waals surface area contributed by atoms with Crippen LogP contribution in [0.2, 0.25) is 0 Å². The van der Waals surface area contributed by atoms with Crippen LogP contribution in [0.3, 0.4) is 0 Å². The smallest absolute Gasteiger partial charge is 0.254 e. The minimum atomic E-state index is -0.175. The predicted molar refractivity (Wildman–Crippen MR) is 152 cm³/mol. The van der Waals surface area contributed by atoms with Gasteiger partial charge in [0.2, 0.25) is 0 Å². The number of aromatic nitrogens is 3. The molecule has 1 aliphatic carbocycles. The number of pyridine rings is 2. The summed E-state index contributed by atoms with van der Waals surface area (Å²) in [6.07, 6.45) is 8.73. The highest BCUT2D eigenvalue weighted by Gasteiger charge is 2.37. The second-order valence-electron chi connectivity index (χ2n) is 10.8.